The first-order chi connectivity index (χ1) is 13.7. The Morgan fingerprint density at radius 1 is 1.41 bits per heavy atom. The van der Waals surface area contributed by atoms with Crippen molar-refractivity contribution >= 4 is 52.2 Å². The molecule has 2 heterocycles. The van der Waals surface area contributed by atoms with Crippen LogP contribution in [0.5, 0.6) is 5.75 Å². The summed E-state index contributed by atoms with van der Waals surface area (Å²) < 4.78 is 9.76. The molecule has 0 atom stereocenters. The predicted molar refractivity (Wildman–Crippen MR) is 101 cm³/mol. The predicted octanol–water partition coefficient (Wildman–Crippen LogP) is 3.57. The Hall–Kier alpha value is -3.31. The summed E-state index contributed by atoms with van der Waals surface area (Å²) in [4.78, 5) is 47.2. The zero-order chi connectivity index (χ0) is 21.3. The fraction of sp³-hybridized carbons (Fsp3) is 0.118. The zero-order valence-electron chi connectivity index (χ0n) is 14.6. The molecule has 2 aromatic rings. The molecule has 10 nitrogen and oxygen atoms in total. The largest absolute Gasteiger partial charge is 0.502 e. The van der Waals surface area contributed by atoms with Crippen LogP contribution in [0.1, 0.15) is 21.9 Å². The second-order valence-corrected chi connectivity index (χ2v) is 7.07. The number of hydrogen-bond acceptors (Lipinski definition) is 9. The van der Waals surface area contributed by atoms with Crippen LogP contribution in [-0.4, -0.2) is 39.2 Å². The number of furan rings is 1. The normalized spacial score (nSPS) is 15.2. The van der Waals surface area contributed by atoms with Crippen LogP contribution >= 0.6 is 23.4 Å². The molecule has 1 aliphatic heterocycles. The summed E-state index contributed by atoms with van der Waals surface area (Å²) in [6.07, 6.45) is 1.14. The average molecular weight is 439 g/mol. The van der Waals surface area contributed by atoms with Crippen molar-refractivity contribution in [2.45, 2.75) is 6.54 Å². The number of imide groups is 1. The third-order valence-corrected chi connectivity index (χ3v) is 4.93. The van der Waals surface area contributed by atoms with Crippen LogP contribution in [0.15, 0.2) is 33.6 Å². The summed E-state index contributed by atoms with van der Waals surface area (Å²) in [6, 6.07) is 4.97. The number of methoxy groups -OCH3 is 1. The number of benzene rings is 1. The Kier molecular flexibility index (Phi) is 5.62. The van der Waals surface area contributed by atoms with Crippen molar-refractivity contribution in [1.29, 1.82) is 0 Å². The molecule has 1 aromatic carbocycles. The summed E-state index contributed by atoms with van der Waals surface area (Å²) in [5.74, 6) is -1.99. The van der Waals surface area contributed by atoms with Gasteiger partial charge < -0.3 is 14.3 Å². The van der Waals surface area contributed by atoms with Crippen molar-refractivity contribution in [1.82, 2.24) is 4.90 Å². The van der Waals surface area contributed by atoms with Crippen molar-refractivity contribution in [3.8, 4) is 5.75 Å². The van der Waals surface area contributed by atoms with Gasteiger partial charge in [0.2, 0.25) is 11.5 Å². The lowest BCUT2D eigenvalue weighted by molar-refractivity contribution is -0.385. The van der Waals surface area contributed by atoms with Gasteiger partial charge in [-0.3, -0.25) is 24.6 Å². The number of nitrogens with zero attached hydrogens (tertiary/aromatic N) is 2. The number of carbonyl (C=O) groups excluding carboxylic acids is 3. The summed E-state index contributed by atoms with van der Waals surface area (Å²) in [7, 11) is 1.18. The third kappa shape index (κ3) is 4.10. The van der Waals surface area contributed by atoms with Crippen molar-refractivity contribution in [3.05, 3.63) is 61.4 Å². The molecule has 0 bridgehead atoms. The van der Waals surface area contributed by atoms with E-state index in [-0.39, 0.29) is 33.6 Å². The van der Waals surface area contributed by atoms with E-state index in [4.69, 9.17) is 16.0 Å². The molecule has 2 amide bonds. The number of halogens is 1. The number of nitro groups is 1. The van der Waals surface area contributed by atoms with Gasteiger partial charge in [0.15, 0.2) is 0 Å². The molecule has 1 aromatic heterocycles. The Morgan fingerprint density at radius 2 is 2.14 bits per heavy atom. The van der Waals surface area contributed by atoms with Gasteiger partial charge in [-0.2, -0.15) is 0 Å². The van der Waals surface area contributed by atoms with Gasteiger partial charge in [0.25, 0.3) is 11.1 Å². The van der Waals surface area contributed by atoms with Crippen LogP contribution in [0.3, 0.4) is 0 Å². The Bertz CT molecular complexity index is 1080. The summed E-state index contributed by atoms with van der Waals surface area (Å²) in [5.41, 5.74) is -0.713. The number of ether oxygens (including phenoxy) is 1. The van der Waals surface area contributed by atoms with E-state index in [1.165, 1.54) is 25.3 Å². The fourth-order valence-corrected chi connectivity index (χ4v) is 3.51. The summed E-state index contributed by atoms with van der Waals surface area (Å²) in [6.45, 7) is -0.235. The highest BCUT2D eigenvalue weighted by atomic mass is 35.5. The molecule has 3 rings (SSSR count). The smallest absolute Gasteiger partial charge is 0.373 e. The summed E-state index contributed by atoms with van der Waals surface area (Å²) >= 11 is 6.41. The quantitative estimate of drug-likeness (QED) is 0.321. The Labute approximate surface area is 171 Å². The number of carbonyl (C=O) groups is 3. The first-order valence-corrected chi connectivity index (χ1v) is 9.00. The maximum atomic E-state index is 12.6. The van der Waals surface area contributed by atoms with Crippen molar-refractivity contribution in [2.75, 3.05) is 7.11 Å². The molecule has 12 heteroatoms. The van der Waals surface area contributed by atoms with Gasteiger partial charge in [0.05, 0.1) is 23.5 Å². The van der Waals surface area contributed by atoms with Gasteiger partial charge in [0, 0.05) is 16.7 Å². The molecule has 1 saturated heterocycles. The fourth-order valence-electron chi connectivity index (χ4n) is 2.46. The van der Waals surface area contributed by atoms with Crippen LogP contribution in [0, 0.1) is 10.1 Å². The lowest BCUT2D eigenvalue weighted by atomic mass is 10.1. The number of aromatic hydroxyl groups is 1. The molecule has 1 N–H and O–H groups in total. The topological polar surface area (TPSA) is 140 Å². The van der Waals surface area contributed by atoms with Crippen LogP contribution in [-0.2, 0) is 16.1 Å². The number of esters is 1. The highest BCUT2D eigenvalue weighted by molar-refractivity contribution is 8.18. The van der Waals surface area contributed by atoms with Crippen LogP contribution in [0.4, 0.5) is 10.5 Å². The number of amides is 2. The molecular formula is C17H11ClN2O8S. The molecule has 0 saturated carbocycles. The number of hydrogen-bond donors (Lipinski definition) is 1. The first-order valence-electron chi connectivity index (χ1n) is 7.80. The average Bonchev–Trinajstić information content (AvgIpc) is 3.24. The molecule has 1 aliphatic rings. The number of thioether (sulfide) groups is 1. The van der Waals surface area contributed by atoms with Crippen LogP contribution in [0.25, 0.3) is 6.08 Å². The maximum absolute atomic E-state index is 12.6. The third-order valence-electron chi connectivity index (χ3n) is 3.80. The van der Waals surface area contributed by atoms with E-state index in [0.29, 0.717) is 11.8 Å². The van der Waals surface area contributed by atoms with Gasteiger partial charge >= 0.3 is 11.7 Å². The minimum Gasteiger partial charge on any atom is -0.502 e. The molecule has 0 radical (unpaired) electrons. The SMILES string of the molecule is COC(=O)c1ccc(CN2C(=O)SC(=Cc3cc(Cl)cc([N+](=O)[O-])c3O)C2=O)o1. The van der Waals surface area contributed by atoms with Crippen LogP contribution in [0.2, 0.25) is 5.02 Å². The number of phenols is 1. The van der Waals surface area contributed by atoms with Gasteiger partial charge in [-0.25, -0.2) is 4.79 Å². The molecular weight excluding hydrogens is 428 g/mol. The molecule has 0 aliphatic carbocycles. The summed E-state index contributed by atoms with van der Waals surface area (Å²) in [5, 5.41) is 20.4. The first kappa shape index (κ1) is 20.4. The Morgan fingerprint density at radius 3 is 2.79 bits per heavy atom. The van der Waals surface area contributed by atoms with Gasteiger partial charge in [-0.15, -0.1) is 0 Å². The van der Waals surface area contributed by atoms with E-state index < -0.39 is 33.5 Å². The van der Waals surface area contributed by atoms with E-state index >= 15 is 0 Å². The lowest BCUT2D eigenvalue weighted by Crippen LogP contribution is -2.27. The molecule has 0 spiro atoms. The van der Waals surface area contributed by atoms with E-state index in [1.54, 1.807) is 0 Å². The van der Waals surface area contributed by atoms with Crippen molar-refractivity contribution in [2.24, 2.45) is 0 Å². The number of nitro benzene ring substituents is 1. The van der Waals surface area contributed by atoms with Gasteiger partial charge in [-0.1, -0.05) is 11.6 Å². The van der Waals surface area contributed by atoms with Crippen molar-refractivity contribution in [3.63, 3.8) is 0 Å². The van der Waals surface area contributed by atoms with Crippen LogP contribution < -0.4 is 0 Å². The highest BCUT2D eigenvalue weighted by Crippen LogP contribution is 2.38. The molecule has 29 heavy (non-hydrogen) atoms. The monoisotopic (exact) mass is 438 g/mol. The van der Waals surface area contributed by atoms with E-state index in [1.807, 2.05) is 0 Å². The Balaban J connectivity index is 1.86. The standard InChI is InChI=1S/C17H11ClN2O8S/c1-27-16(23)12-3-2-10(28-12)7-19-15(22)13(29-17(19)24)5-8-4-9(18)6-11(14(8)21)20(25)26/h2-6,21H,7H2,1H3. The second kappa shape index (κ2) is 7.97. The van der Waals surface area contributed by atoms with E-state index in [9.17, 15) is 29.6 Å². The van der Waals surface area contributed by atoms with E-state index in [2.05, 4.69) is 4.74 Å². The molecule has 0 unspecified atom stereocenters. The molecule has 150 valence electrons. The number of rotatable bonds is 5. The zero-order valence-corrected chi connectivity index (χ0v) is 16.2. The van der Waals surface area contributed by atoms with Gasteiger partial charge in [-0.05, 0) is 36.0 Å². The highest BCUT2D eigenvalue weighted by Gasteiger charge is 2.36. The second-order valence-electron chi connectivity index (χ2n) is 5.65. The minimum atomic E-state index is -0.819. The van der Waals surface area contributed by atoms with Crippen molar-refractivity contribution < 1.29 is 33.6 Å². The number of phenolic OH excluding ortho intramolecular Hbond substituents is 1. The lowest BCUT2D eigenvalue weighted by Gasteiger charge is -2.10. The molecule has 1 fully saturated rings. The minimum absolute atomic E-state index is 0.0223. The van der Waals surface area contributed by atoms with E-state index in [0.717, 1.165) is 17.0 Å². The maximum Gasteiger partial charge on any atom is 0.373 e. The van der Waals surface area contributed by atoms with Gasteiger partial charge in [0.1, 0.15) is 5.76 Å².